The van der Waals surface area contributed by atoms with E-state index in [-0.39, 0.29) is 5.56 Å². The summed E-state index contributed by atoms with van der Waals surface area (Å²) in [5, 5.41) is 2.59. The van der Waals surface area contributed by atoms with E-state index in [2.05, 4.69) is 4.98 Å². The van der Waals surface area contributed by atoms with Crippen molar-refractivity contribution in [2.75, 3.05) is 14.2 Å². The van der Waals surface area contributed by atoms with Gasteiger partial charge in [0.05, 0.1) is 26.2 Å². The molecule has 0 spiro atoms. The van der Waals surface area contributed by atoms with Gasteiger partial charge in [-0.2, -0.15) is 0 Å². The van der Waals surface area contributed by atoms with Crippen LogP contribution in [0.25, 0.3) is 21.3 Å². The summed E-state index contributed by atoms with van der Waals surface area (Å²) in [5.74, 6) is 1.26. The number of thiophene rings is 1. The Balaban J connectivity index is 1.89. The number of aromatic nitrogens is 2. The lowest BCUT2D eigenvalue weighted by atomic mass is 10.1. The zero-order valence-corrected chi connectivity index (χ0v) is 17.0. The first kappa shape index (κ1) is 18.5. The van der Waals surface area contributed by atoms with E-state index in [0.717, 1.165) is 21.5 Å². The molecular weight excluding hydrogens is 392 g/mol. The maximum Gasteiger partial charge on any atom is 0.263 e. The van der Waals surface area contributed by atoms with Crippen LogP contribution in [0.3, 0.4) is 0 Å². The Labute approximate surface area is 170 Å². The SMILES string of the molecule is COc1ccc(-c2csc3[nH]c(=S)n(Cc4ccccc4)c(=O)c23)cc1OC. The zero-order valence-electron chi connectivity index (χ0n) is 15.4. The molecular formula is C21H18N2O3S2. The minimum absolute atomic E-state index is 0.103. The summed E-state index contributed by atoms with van der Waals surface area (Å²) in [4.78, 5) is 17.3. The lowest BCUT2D eigenvalue weighted by Crippen LogP contribution is -2.22. The Morgan fingerprint density at radius 1 is 1.07 bits per heavy atom. The molecule has 2 aromatic heterocycles. The molecule has 142 valence electrons. The number of hydrogen-bond acceptors (Lipinski definition) is 5. The summed E-state index contributed by atoms with van der Waals surface area (Å²) in [6, 6.07) is 15.4. The Morgan fingerprint density at radius 3 is 2.54 bits per heavy atom. The van der Waals surface area contributed by atoms with Crippen molar-refractivity contribution in [3.8, 4) is 22.6 Å². The second kappa shape index (κ2) is 7.61. The van der Waals surface area contributed by atoms with Crippen LogP contribution in [-0.2, 0) is 6.54 Å². The van der Waals surface area contributed by atoms with Crippen molar-refractivity contribution in [1.29, 1.82) is 0 Å². The van der Waals surface area contributed by atoms with Crippen molar-refractivity contribution in [3.05, 3.63) is 74.6 Å². The number of aromatic amines is 1. The lowest BCUT2D eigenvalue weighted by molar-refractivity contribution is 0.355. The minimum atomic E-state index is -0.103. The summed E-state index contributed by atoms with van der Waals surface area (Å²) < 4.78 is 12.7. The van der Waals surface area contributed by atoms with Gasteiger partial charge in [0, 0.05) is 10.9 Å². The van der Waals surface area contributed by atoms with E-state index in [0.29, 0.717) is 28.2 Å². The van der Waals surface area contributed by atoms with E-state index in [1.54, 1.807) is 18.8 Å². The molecule has 0 aliphatic heterocycles. The first-order chi connectivity index (χ1) is 13.6. The molecule has 28 heavy (non-hydrogen) atoms. The molecule has 0 bridgehead atoms. The molecule has 0 unspecified atom stereocenters. The van der Waals surface area contributed by atoms with Crippen LogP contribution in [0.5, 0.6) is 11.5 Å². The smallest absolute Gasteiger partial charge is 0.263 e. The fraction of sp³-hybridized carbons (Fsp3) is 0.143. The molecule has 0 fully saturated rings. The number of methoxy groups -OCH3 is 2. The van der Waals surface area contributed by atoms with E-state index in [1.165, 1.54) is 11.3 Å². The molecule has 1 N–H and O–H groups in total. The average molecular weight is 411 g/mol. The third-order valence-electron chi connectivity index (χ3n) is 4.59. The van der Waals surface area contributed by atoms with Gasteiger partial charge in [-0.3, -0.25) is 9.36 Å². The van der Waals surface area contributed by atoms with E-state index < -0.39 is 0 Å². The first-order valence-corrected chi connectivity index (χ1v) is 9.92. The van der Waals surface area contributed by atoms with Gasteiger partial charge < -0.3 is 14.5 Å². The first-order valence-electron chi connectivity index (χ1n) is 8.63. The highest BCUT2D eigenvalue weighted by Crippen LogP contribution is 2.36. The van der Waals surface area contributed by atoms with Crippen molar-refractivity contribution in [3.63, 3.8) is 0 Å². The molecule has 7 heteroatoms. The highest BCUT2D eigenvalue weighted by atomic mass is 32.1. The van der Waals surface area contributed by atoms with E-state index >= 15 is 0 Å². The van der Waals surface area contributed by atoms with Crippen LogP contribution in [0.4, 0.5) is 0 Å². The number of ether oxygens (including phenoxy) is 2. The summed E-state index contributed by atoms with van der Waals surface area (Å²) >= 11 is 6.91. The Hall–Kier alpha value is -2.90. The largest absolute Gasteiger partial charge is 0.493 e. The molecule has 0 saturated carbocycles. The number of fused-ring (bicyclic) bond motifs is 1. The van der Waals surface area contributed by atoms with Crippen LogP contribution < -0.4 is 15.0 Å². The van der Waals surface area contributed by atoms with Gasteiger partial charge in [-0.1, -0.05) is 36.4 Å². The summed E-state index contributed by atoms with van der Waals surface area (Å²) in [5.41, 5.74) is 2.65. The predicted octanol–water partition coefficient (Wildman–Crippen LogP) is 4.85. The van der Waals surface area contributed by atoms with Crippen molar-refractivity contribution in [2.24, 2.45) is 0 Å². The standard InChI is InChI=1S/C21H18N2O3S2/c1-25-16-9-8-14(10-17(16)26-2)15-12-28-19-18(15)20(24)23(21(27)22-19)11-13-6-4-3-5-7-13/h3-10,12H,11H2,1-2H3,(H,22,27). The molecule has 0 radical (unpaired) electrons. The summed E-state index contributed by atoms with van der Waals surface area (Å²) in [7, 11) is 3.19. The summed E-state index contributed by atoms with van der Waals surface area (Å²) in [6.45, 7) is 0.423. The molecule has 0 atom stereocenters. The van der Waals surface area contributed by atoms with Crippen molar-refractivity contribution >= 4 is 33.8 Å². The predicted molar refractivity (Wildman–Crippen MR) is 115 cm³/mol. The second-order valence-corrected chi connectivity index (χ2v) is 7.50. The number of nitrogens with one attached hydrogen (secondary N) is 1. The van der Waals surface area contributed by atoms with E-state index in [4.69, 9.17) is 21.7 Å². The van der Waals surface area contributed by atoms with Gasteiger partial charge in [-0.15, -0.1) is 11.3 Å². The van der Waals surface area contributed by atoms with Crippen LogP contribution in [0, 0.1) is 4.77 Å². The van der Waals surface area contributed by atoms with Crippen LogP contribution in [0.2, 0.25) is 0 Å². The normalized spacial score (nSPS) is 10.9. The molecule has 0 amide bonds. The maximum absolute atomic E-state index is 13.3. The fourth-order valence-corrected chi connectivity index (χ4v) is 4.45. The van der Waals surface area contributed by atoms with Gasteiger partial charge in [0.1, 0.15) is 4.83 Å². The van der Waals surface area contributed by atoms with Crippen LogP contribution in [-0.4, -0.2) is 23.8 Å². The van der Waals surface area contributed by atoms with Gasteiger partial charge >= 0.3 is 0 Å². The Bertz CT molecular complexity index is 1260. The molecule has 4 aromatic rings. The second-order valence-electron chi connectivity index (χ2n) is 6.23. The molecule has 2 aromatic carbocycles. The van der Waals surface area contributed by atoms with Gasteiger partial charge in [0.25, 0.3) is 5.56 Å². The van der Waals surface area contributed by atoms with Crippen molar-refractivity contribution in [2.45, 2.75) is 6.54 Å². The minimum Gasteiger partial charge on any atom is -0.493 e. The van der Waals surface area contributed by atoms with Gasteiger partial charge in [-0.25, -0.2) is 0 Å². The lowest BCUT2D eigenvalue weighted by Gasteiger charge is -2.10. The zero-order chi connectivity index (χ0) is 19.7. The number of rotatable bonds is 5. The number of hydrogen-bond donors (Lipinski definition) is 1. The number of nitrogens with zero attached hydrogens (tertiary/aromatic N) is 1. The highest BCUT2D eigenvalue weighted by molar-refractivity contribution is 7.71. The molecule has 0 saturated heterocycles. The van der Waals surface area contributed by atoms with Crippen molar-refractivity contribution in [1.82, 2.24) is 9.55 Å². The van der Waals surface area contributed by atoms with Gasteiger partial charge in [0.2, 0.25) is 0 Å². The third kappa shape index (κ3) is 3.23. The molecule has 5 nitrogen and oxygen atoms in total. The van der Waals surface area contributed by atoms with E-state index in [1.807, 2.05) is 53.9 Å². The van der Waals surface area contributed by atoms with Crippen molar-refractivity contribution < 1.29 is 9.47 Å². The molecule has 2 heterocycles. The van der Waals surface area contributed by atoms with Gasteiger partial charge in [-0.05, 0) is 35.5 Å². The quantitative estimate of drug-likeness (QED) is 0.478. The summed E-state index contributed by atoms with van der Waals surface area (Å²) in [6.07, 6.45) is 0. The number of benzene rings is 2. The molecule has 0 aliphatic rings. The topological polar surface area (TPSA) is 56.2 Å². The van der Waals surface area contributed by atoms with Crippen LogP contribution in [0.15, 0.2) is 58.7 Å². The monoisotopic (exact) mass is 410 g/mol. The van der Waals surface area contributed by atoms with Crippen LogP contribution >= 0.6 is 23.6 Å². The number of H-pyrrole nitrogens is 1. The third-order valence-corrected chi connectivity index (χ3v) is 5.81. The molecule has 4 rings (SSSR count). The maximum atomic E-state index is 13.3. The highest BCUT2D eigenvalue weighted by Gasteiger charge is 2.16. The Kier molecular flexibility index (Phi) is 5.02. The average Bonchev–Trinajstić information content (AvgIpc) is 3.15. The van der Waals surface area contributed by atoms with E-state index in [9.17, 15) is 4.79 Å². The fourth-order valence-electron chi connectivity index (χ4n) is 3.18. The van der Waals surface area contributed by atoms with Crippen LogP contribution in [0.1, 0.15) is 5.56 Å². The van der Waals surface area contributed by atoms with Gasteiger partial charge in [0.15, 0.2) is 16.3 Å². The Morgan fingerprint density at radius 2 is 1.82 bits per heavy atom. The molecule has 0 aliphatic carbocycles.